The number of ether oxygens (including phenoxy) is 1. The van der Waals surface area contributed by atoms with Crippen LogP contribution >= 0.6 is 11.8 Å². The molecule has 3 rings (SSSR count). The molecule has 0 unspecified atom stereocenters. The molecule has 1 saturated heterocycles. The summed E-state index contributed by atoms with van der Waals surface area (Å²) in [6.45, 7) is 4.23. The van der Waals surface area contributed by atoms with Crippen molar-refractivity contribution in [2.75, 3.05) is 20.2 Å². The number of thioether (sulfide) groups is 1. The van der Waals surface area contributed by atoms with Crippen LogP contribution in [0.3, 0.4) is 0 Å². The summed E-state index contributed by atoms with van der Waals surface area (Å²) in [5.41, 5.74) is 0.907. The first kappa shape index (κ1) is 15.2. The van der Waals surface area contributed by atoms with Gasteiger partial charge in [-0.2, -0.15) is 4.99 Å². The van der Waals surface area contributed by atoms with Gasteiger partial charge in [0, 0.05) is 18.7 Å². The molecule has 2 aliphatic rings. The number of methoxy groups -OCH3 is 1. The first-order chi connectivity index (χ1) is 10.7. The second-order valence-corrected chi connectivity index (χ2v) is 6.75. The zero-order valence-corrected chi connectivity index (χ0v) is 13.7. The minimum absolute atomic E-state index is 0.149. The highest BCUT2D eigenvalue weighted by Crippen LogP contribution is 2.33. The van der Waals surface area contributed by atoms with Gasteiger partial charge in [0.25, 0.3) is 5.91 Å². The van der Waals surface area contributed by atoms with Crippen LogP contribution in [-0.2, 0) is 4.79 Å². The number of likely N-dealkylation sites (tertiary alicyclic amines) is 1. The molecule has 2 heterocycles. The first-order valence-electron chi connectivity index (χ1n) is 7.58. The Labute approximate surface area is 135 Å². The maximum Gasteiger partial charge on any atom is 0.286 e. The predicted molar refractivity (Wildman–Crippen MR) is 91.0 cm³/mol. The average Bonchev–Trinajstić information content (AvgIpc) is 2.89. The molecule has 1 atom stereocenters. The summed E-state index contributed by atoms with van der Waals surface area (Å²) in [5, 5.41) is 0.845. The van der Waals surface area contributed by atoms with E-state index in [1.165, 1.54) is 24.6 Å². The molecule has 5 heteroatoms. The highest BCUT2D eigenvalue weighted by atomic mass is 32.2. The van der Waals surface area contributed by atoms with Gasteiger partial charge in [0.1, 0.15) is 5.75 Å². The summed E-state index contributed by atoms with van der Waals surface area (Å²) >= 11 is 1.47. The third kappa shape index (κ3) is 3.19. The van der Waals surface area contributed by atoms with E-state index in [1.54, 1.807) is 7.11 Å². The van der Waals surface area contributed by atoms with E-state index >= 15 is 0 Å². The smallest absolute Gasteiger partial charge is 0.286 e. The standard InChI is InChI=1S/C17H20N2O2S/c1-12-6-5-9-19(11-12)17-18-16(20)15(22-17)10-13-7-3-4-8-14(13)21-2/h3-4,7-8,10,12H,5-6,9,11H2,1-2H3/b15-10-/t12-/m1/s1. The van der Waals surface area contributed by atoms with Gasteiger partial charge in [-0.05, 0) is 42.7 Å². The van der Waals surface area contributed by atoms with Crippen molar-refractivity contribution in [2.45, 2.75) is 19.8 Å². The summed E-state index contributed by atoms with van der Waals surface area (Å²) in [6.07, 6.45) is 4.29. The van der Waals surface area contributed by atoms with E-state index in [2.05, 4.69) is 16.8 Å². The Hall–Kier alpha value is -1.75. The Morgan fingerprint density at radius 1 is 1.41 bits per heavy atom. The van der Waals surface area contributed by atoms with Gasteiger partial charge in [-0.25, -0.2) is 0 Å². The molecule has 0 radical (unpaired) electrons. The molecule has 2 aliphatic heterocycles. The Bertz CT molecular complexity index is 639. The molecule has 0 N–H and O–H groups in total. The molecule has 0 bridgehead atoms. The molecule has 1 amide bonds. The fourth-order valence-electron chi connectivity index (χ4n) is 2.82. The van der Waals surface area contributed by atoms with E-state index in [0.717, 1.165) is 29.6 Å². The second kappa shape index (κ2) is 6.57. The lowest BCUT2D eigenvalue weighted by Crippen LogP contribution is -2.37. The van der Waals surface area contributed by atoms with Crippen LogP contribution in [0.4, 0.5) is 0 Å². The maximum atomic E-state index is 12.2. The average molecular weight is 316 g/mol. The Morgan fingerprint density at radius 2 is 2.23 bits per heavy atom. The number of amides is 1. The highest BCUT2D eigenvalue weighted by molar-refractivity contribution is 8.18. The monoisotopic (exact) mass is 316 g/mol. The fourth-order valence-corrected chi connectivity index (χ4v) is 3.76. The molecule has 116 valence electrons. The van der Waals surface area contributed by atoms with Crippen molar-refractivity contribution in [1.29, 1.82) is 0 Å². The number of piperidine rings is 1. The van der Waals surface area contributed by atoms with Gasteiger partial charge in [-0.15, -0.1) is 0 Å². The van der Waals surface area contributed by atoms with E-state index in [0.29, 0.717) is 10.8 Å². The molecular weight excluding hydrogens is 296 g/mol. The van der Waals surface area contributed by atoms with Gasteiger partial charge in [0.05, 0.1) is 12.0 Å². The van der Waals surface area contributed by atoms with Gasteiger partial charge in [-0.1, -0.05) is 25.1 Å². The lowest BCUT2D eigenvalue weighted by Gasteiger charge is -2.31. The lowest BCUT2D eigenvalue weighted by atomic mass is 10.0. The van der Waals surface area contributed by atoms with Crippen molar-refractivity contribution in [3.05, 3.63) is 34.7 Å². The van der Waals surface area contributed by atoms with Gasteiger partial charge >= 0.3 is 0 Å². The zero-order chi connectivity index (χ0) is 15.5. The van der Waals surface area contributed by atoms with E-state index in [9.17, 15) is 4.79 Å². The van der Waals surface area contributed by atoms with E-state index in [1.807, 2.05) is 30.3 Å². The number of nitrogens with zero attached hydrogens (tertiary/aromatic N) is 2. The molecule has 0 spiro atoms. The molecule has 0 saturated carbocycles. The topological polar surface area (TPSA) is 41.9 Å². The summed E-state index contributed by atoms with van der Waals surface area (Å²) in [6, 6.07) is 7.69. The minimum atomic E-state index is -0.149. The predicted octanol–water partition coefficient (Wildman–Crippen LogP) is 3.40. The summed E-state index contributed by atoms with van der Waals surface area (Å²) in [5.74, 6) is 1.28. The second-order valence-electron chi connectivity index (χ2n) is 5.75. The normalized spacial score (nSPS) is 23.8. The summed E-state index contributed by atoms with van der Waals surface area (Å²) in [7, 11) is 1.64. The number of carbonyl (C=O) groups is 1. The lowest BCUT2D eigenvalue weighted by molar-refractivity contribution is -0.113. The highest BCUT2D eigenvalue weighted by Gasteiger charge is 2.28. The third-order valence-electron chi connectivity index (χ3n) is 3.96. The number of aliphatic imine (C=N–C) groups is 1. The van der Waals surface area contributed by atoms with Crippen LogP contribution in [0.2, 0.25) is 0 Å². The Kier molecular flexibility index (Phi) is 4.52. The van der Waals surface area contributed by atoms with Crippen LogP contribution in [0.1, 0.15) is 25.3 Å². The number of hydrogen-bond donors (Lipinski definition) is 0. The van der Waals surface area contributed by atoms with Gasteiger partial charge in [0.15, 0.2) is 5.17 Å². The summed E-state index contributed by atoms with van der Waals surface area (Å²) < 4.78 is 5.34. The van der Waals surface area contributed by atoms with Crippen LogP contribution in [0, 0.1) is 5.92 Å². The molecule has 0 aromatic heterocycles. The van der Waals surface area contributed by atoms with E-state index < -0.39 is 0 Å². The van der Waals surface area contributed by atoms with Crippen molar-refractivity contribution in [2.24, 2.45) is 10.9 Å². The van der Waals surface area contributed by atoms with Crippen molar-refractivity contribution in [1.82, 2.24) is 4.90 Å². The fraction of sp³-hybridized carbons (Fsp3) is 0.412. The third-order valence-corrected chi connectivity index (χ3v) is 5.01. The van der Waals surface area contributed by atoms with Crippen LogP contribution < -0.4 is 4.74 Å². The molecule has 4 nitrogen and oxygen atoms in total. The number of carbonyl (C=O) groups excluding carboxylic acids is 1. The van der Waals surface area contributed by atoms with Crippen molar-refractivity contribution < 1.29 is 9.53 Å². The number of rotatable bonds is 2. The number of hydrogen-bond acceptors (Lipinski definition) is 4. The number of para-hydroxylation sites is 1. The molecule has 1 aromatic rings. The maximum absolute atomic E-state index is 12.2. The Balaban J connectivity index is 1.78. The van der Waals surface area contributed by atoms with Crippen molar-refractivity contribution in [3.8, 4) is 5.75 Å². The van der Waals surface area contributed by atoms with Gasteiger partial charge < -0.3 is 9.64 Å². The van der Waals surface area contributed by atoms with Crippen LogP contribution in [-0.4, -0.2) is 36.2 Å². The van der Waals surface area contributed by atoms with Crippen LogP contribution in [0.25, 0.3) is 6.08 Å². The number of amidine groups is 1. The Morgan fingerprint density at radius 3 is 3.00 bits per heavy atom. The van der Waals surface area contributed by atoms with Crippen molar-refractivity contribution in [3.63, 3.8) is 0 Å². The largest absolute Gasteiger partial charge is 0.496 e. The first-order valence-corrected chi connectivity index (χ1v) is 8.39. The molecular formula is C17H20N2O2S. The minimum Gasteiger partial charge on any atom is -0.496 e. The molecule has 1 aromatic carbocycles. The molecule has 22 heavy (non-hydrogen) atoms. The molecule has 0 aliphatic carbocycles. The van der Waals surface area contributed by atoms with Crippen LogP contribution in [0.5, 0.6) is 5.75 Å². The van der Waals surface area contributed by atoms with Gasteiger partial charge in [-0.3, -0.25) is 4.79 Å². The zero-order valence-electron chi connectivity index (χ0n) is 12.9. The van der Waals surface area contributed by atoms with Crippen LogP contribution in [0.15, 0.2) is 34.2 Å². The number of benzene rings is 1. The SMILES string of the molecule is COc1ccccc1/C=C1\SC(N2CCC[C@@H](C)C2)=NC1=O. The van der Waals surface area contributed by atoms with E-state index in [4.69, 9.17) is 4.74 Å². The summed E-state index contributed by atoms with van der Waals surface area (Å²) in [4.78, 5) is 19.3. The van der Waals surface area contributed by atoms with Crippen molar-refractivity contribution >= 4 is 28.9 Å². The molecule has 1 fully saturated rings. The van der Waals surface area contributed by atoms with Gasteiger partial charge in [0.2, 0.25) is 0 Å². The van der Waals surface area contributed by atoms with E-state index in [-0.39, 0.29) is 5.91 Å². The quantitative estimate of drug-likeness (QED) is 0.784.